The number of aryl methyl sites for hydroxylation is 3. The number of benzene rings is 1. The maximum atomic E-state index is 9.47. The summed E-state index contributed by atoms with van der Waals surface area (Å²) in [4.78, 5) is 2.05. The van der Waals surface area contributed by atoms with Crippen LogP contribution in [0.15, 0.2) is 24.3 Å². The fraction of sp³-hybridized carbons (Fsp3) is 0.357. The molecule has 1 N–H and O–H groups in total. The van der Waals surface area contributed by atoms with Crippen molar-refractivity contribution in [3.8, 4) is 0 Å². The first kappa shape index (κ1) is 12.6. The lowest BCUT2D eigenvalue weighted by molar-refractivity contribution is 0.281. The van der Waals surface area contributed by atoms with Gasteiger partial charge in [-0.2, -0.15) is 5.10 Å². The first-order valence-electron chi connectivity index (χ1n) is 5.98. The fourth-order valence-electron chi connectivity index (χ4n) is 2.19. The van der Waals surface area contributed by atoms with E-state index < -0.39 is 0 Å². The number of hydrogen-bond acceptors (Lipinski definition) is 3. The molecule has 18 heavy (non-hydrogen) atoms. The van der Waals surface area contributed by atoms with Crippen LogP contribution in [0.2, 0.25) is 0 Å². The van der Waals surface area contributed by atoms with Crippen molar-refractivity contribution < 1.29 is 5.11 Å². The Morgan fingerprint density at radius 1 is 1.22 bits per heavy atom. The highest BCUT2D eigenvalue weighted by Gasteiger charge is 2.17. The smallest absolute Gasteiger partial charge is 0.136 e. The number of rotatable bonds is 3. The van der Waals surface area contributed by atoms with Gasteiger partial charge in [0, 0.05) is 25.3 Å². The SMILES string of the molecule is Cc1ccc(N(C)c2c(CO)c(C)nn2C)cc1. The first-order chi connectivity index (χ1) is 8.54. The molecule has 96 valence electrons. The predicted octanol–water partition coefficient (Wildman–Crippen LogP) is 2.30. The van der Waals surface area contributed by atoms with Crippen LogP contribution in [0.3, 0.4) is 0 Å². The van der Waals surface area contributed by atoms with Gasteiger partial charge in [0.1, 0.15) is 5.82 Å². The molecule has 0 saturated heterocycles. The minimum Gasteiger partial charge on any atom is -0.391 e. The average molecular weight is 245 g/mol. The van der Waals surface area contributed by atoms with Crippen molar-refractivity contribution in [1.29, 1.82) is 0 Å². The molecule has 1 aromatic heterocycles. The number of nitrogens with zero attached hydrogens (tertiary/aromatic N) is 3. The molecule has 1 aromatic carbocycles. The van der Waals surface area contributed by atoms with E-state index in [0.717, 1.165) is 22.8 Å². The van der Waals surface area contributed by atoms with Crippen LogP contribution in [0, 0.1) is 13.8 Å². The van der Waals surface area contributed by atoms with Crippen LogP contribution in [0.4, 0.5) is 11.5 Å². The largest absolute Gasteiger partial charge is 0.391 e. The molecule has 0 saturated carbocycles. The van der Waals surface area contributed by atoms with Gasteiger partial charge in [-0.3, -0.25) is 4.68 Å². The van der Waals surface area contributed by atoms with Crippen LogP contribution < -0.4 is 4.90 Å². The summed E-state index contributed by atoms with van der Waals surface area (Å²) in [5.41, 5.74) is 4.06. The van der Waals surface area contributed by atoms with Crippen molar-refractivity contribution in [3.05, 3.63) is 41.1 Å². The Kier molecular flexibility index (Phi) is 3.39. The highest BCUT2D eigenvalue weighted by atomic mass is 16.3. The van der Waals surface area contributed by atoms with E-state index in [-0.39, 0.29) is 6.61 Å². The summed E-state index contributed by atoms with van der Waals surface area (Å²) < 4.78 is 1.81. The zero-order chi connectivity index (χ0) is 13.3. The third-order valence-electron chi connectivity index (χ3n) is 3.21. The maximum Gasteiger partial charge on any atom is 0.136 e. The number of hydrogen-bond donors (Lipinski definition) is 1. The van der Waals surface area contributed by atoms with Gasteiger partial charge in [-0.05, 0) is 26.0 Å². The van der Waals surface area contributed by atoms with Gasteiger partial charge in [-0.25, -0.2) is 0 Å². The van der Waals surface area contributed by atoms with Gasteiger partial charge >= 0.3 is 0 Å². The van der Waals surface area contributed by atoms with E-state index >= 15 is 0 Å². The molecule has 0 atom stereocenters. The Hall–Kier alpha value is -1.81. The van der Waals surface area contributed by atoms with Gasteiger partial charge in [0.05, 0.1) is 12.3 Å². The molecule has 0 amide bonds. The van der Waals surface area contributed by atoms with Crippen LogP contribution >= 0.6 is 0 Å². The van der Waals surface area contributed by atoms with Gasteiger partial charge < -0.3 is 10.0 Å². The monoisotopic (exact) mass is 245 g/mol. The van der Waals surface area contributed by atoms with E-state index in [1.165, 1.54) is 5.56 Å². The number of anilines is 2. The summed E-state index contributed by atoms with van der Waals surface area (Å²) in [6.45, 7) is 3.99. The summed E-state index contributed by atoms with van der Waals surface area (Å²) in [6.07, 6.45) is 0. The Labute approximate surface area is 107 Å². The van der Waals surface area contributed by atoms with Crippen LogP contribution in [0.25, 0.3) is 0 Å². The highest BCUT2D eigenvalue weighted by molar-refractivity contribution is 5.63. The van der Waals surface area contributed by atoms with E-state index in [9.17, 15) is 5.11 Å². The summed E-state index contributed by atoms with van der Waals surface area (Å²) in [5.74, 6) is 0.929. The van der Waals surface area contributed by atoms with Gasteiger partial charge in [0.25, 0.3) is 0 Å². The second-order valence-electron chi connectivity index (χ2n) is 4.56. The highest BCUT2D eigenvalue weighted by Crippen LogP contribution is 2.28. The van der Waals surface area contributed by atoms with Gasteiger partial charge in [0.15, 0.2) is 0 Å². The molecule has 0 unspecified atom stereocenters. The summed E-state index contributed by atoms with van der Waals surface area (Å²) in [6, 6.07) is 8.29. The van der Waals surface area contributed by atoms with Crippen molar-refractivity contribution >= 4 is 11.5 Å². The first-order valence-corrected chi connectivity index (χ1v) is 5.98. The van der Waals surface area contributed by atoms with Crippen molar-refractivity contribution in [1.82, 2.24) is 9.78 Å². The second kappa shape index (κ2) is 4.82. The van der Waals surface area contributed by atoms with E-state index in [1.54, 1.807) is 4.68 Å². The van der Waals surface area contributed by atoms with E-state index in [1.807, 2.05) is 25.9 Å². The number of aliphatic hydroxyl groups excluding tert-OH is 1. The van der Waals surface area contributed by atoms with E-state index in [4.69, 9.17) is 0 Å². The number of aliphatic hydroxyl groups is 1. The molecule has 0 fully saturated rings. The average Bonchev–Trinajstić information content (AvgIpc) is 2.63. The van der Waals surface area contributed by atoms with Crippen molar-refractivity contribution in [2.75, 3.05) is 11.9 Å². The molecule has 0 aliphatic rings. The molecule has 4 heteroatoms. The molecule has 0 spiro atoms. The molecule has 1 heterocycles. The number of aromatic nitrogens is 2. The van der Waals surface area contributed by atoms with Crippen LogP contribution in [-0.2, 0) is 13.7 Å². The zero-order valence-electron chi connectivity index (χ0n) is 11.3. The minimum atomic E-state index is 0.00517. The summed E-state index contributed by atoms with van der Waals surface area (Å²) in [7, 11) is 3.88. The van der Waals surface area contributed by atoms with E-state index in [0.29, 0.717) is 0 Å². The summed E-state index contributed by atoms with van der Waals surface area (Å²) in [5, 5.41) is 13.8. The Morgan fingerprint density at radius 2 is 1.83 bits per heavy atom. The minimum absolute atomic E-state index is 0.00517. The van der Waals surface area contributed by atoms with Crippen LogP contribution in [0.1, 0.15) is 16.8 Å². The maximum absolute atomic E-state index is 9.47. The van der Waals surface area contributed by atoms with Crippen molar-refractivity contribution in [3.63, 3.8) is 0 Å². The quantitative estimate of drug-likeness (QED) is 0.902. The lowest BCUT2D eigenvalue weighted by Gasteiger charge is -2.21. The molecule has 0 radical (unpaired) electrons. The van der Waals surface area contributed by atoms with Crippen LogP contribution in [0.5, 0.6) is 0 Å². The Morgan fingerprint density at radius 3 is 2.39 bits per heavy atom. The zero-order valence-corrected chi connectivity index (χ0v) is 11.3. The molecule has 0 bridgehead atoms. The van der Waals surface area contributed by atoms with Gasteiger partial charge in [0.2, 0.25) is 0 Å². The van der Waals surface area contributed by atoms with Crippen LogP contribution in [-0.4, -0.2) is 21.9 Å². The molecule has 4 nitrogen and oxygen atoms in total. The lowest BCUT2D eigenvalue weighted by atomic mass is 10.2. The van der Waals surface area contributed by atoms with Crippen molar-refractivity contribution in [2.45, 2.75) is 20.5 Å². The fourth-order valence-corrected chi connectivity index (χ4v) is 2.19. The molecule has 2 aromatic rings. The van der Waals surface area contributed by atoms with Gasteiger partial charge in [-0.15, -0.1) is 0 Å². The second-order valence-corrected chi connectivity index (χ2v) is 4.56. The molecule has 0 aliphatic carbocycles. The van der Waals surface area contributed by atoms with Crippen molar-refractivity contribution in [2.24, 2.45) is 7.05 Å². The standard InChI is InChI=1S/C14H19N3O/c1-10-5-7-12(8-6-10)16(3)14-13(9-18)11(2)15-17(14)4/h5-8,18H,9H2,1-4H3. The third-order valence-corrected chi connectivity index (χ3v) is 3.21. The molecule has 0 aliphatic heterocycles. The third kappa shape index (κ3) is 2.11. The Bertz CT molecular complexity index is 543. The van der Waals surface area contributed by atoms with E-state index in [2.05, 4.69) is 36.3 Å². The lowest BCUT2D eigenvalue weighted by Crippen LogP contribution is -2.15. The Balaban J connectivity index is 2.45. The summed E-state index contributed by atoms with van der Waals surface area (Å²) >= 11 is 0. The molecular formula is C14H19N3O. The normalized spacial score (nSPS) is 10.7. The predicted molar refractivity (Wildman–Crippen MR) is 73.1 cm³/mol. The molecular weight excluding hydrogens is 226 g/mol. The topological polar surface area (TPSA) is 41.3 Å². The van der Waals surface area contributed by atoms with Gasteiger partial charge in [-0.1, -0.05) is 17.7 Å². The molecule has 2 rings (SSSR count).